The van der Waals surface area contributed by atoms with Crippen LogP contribution in [0.5, 0.6) is 0 Å². The highest BCUT2D eigenvalue weighted by atomic mass is 16.4. The van der Waals surface area contributed by atoms with E-state index in [4.69, 9.17) is 0 Å². The first-order valence-electron chi connectivity index (χ1n) is 7.38. The molecule has 6 nitrogen and oxygen atoms in total. The van der Waals surface area contributed by atoms with E-state index in [9.17, 15) is 19.8 Å². The van der Waals surface area contributed by atoms with E-state index < -0.39 is 11.4 Å². The molecule has 2 heterocycles. The van der Waals surface area contributed by atoms with Crippen molar-refractivity contribution in [2.24, 2.45) is 5.41 Å². The molecule has 2 rings (SSSR count). The molecule has 2 aliphatic rings. The van der Waals surface area contributed by atoms with Gasteiger partial charge in [0.1, 0.15) is 0 Å². The highest BCUT2D eigenvalue weighted by molar-refractivity contribution is 5.78. The van der Waals surface area contributed by atoms with E-state index in [0.29, 0.717) is 25.9 Å². The van der Waals surface area contributed by atoms with Gasteiger partial charge in [-0.25, -0.2) is 4.79 Å². The Balaban J connectivity index is 2.06. The van der Waals surface area contributed by atoms with E-state index in [0.717, 1.165) is 19.3 Å². The number of likely N-dealkylation sites (tertiary alicyclic amines) is 2. The topological polar surface area (TPSA) is 81.1 Å². The third kappa shape index (κ3) is 2.90. The van der Waals surface area contributed by atoms with Gasteiger partial charge in [-0.2, -0.15) is 0 Å². The van der Waals surface area contributed by atoms with Crippen molar-refractivity contribution < 1.29 is 19.8 Å². The van der Waals surface area contributed by atoms with Crippen LogP contribution in [0.4, 0.5) is 4.79 Å². The maximum atomic E-state index is 12.6. The van der Waals surface area contributed by atoms with Crippen LogP contribution < -0.4 is 0 Å². The number of hydrogen-bond acceptors (Lipinski definition) is 3. The lowest BCUT2D eigenvalue weighted by Crippen LogP contribution is -2.56. The van der Waals surface area contributed by atoms with E-state index in [2.05, 4.69) is 0 Å². The van der Waals surface area contributed by atoms with Crippen molar-refractivity contribution >= 4 is 12.0 Å². The number of amides is 2. The number of aliphatic hydroxyl groups is 1. The summed E-state index contributed by atoms with van der Waals surface area (Å²) in [6.45, 7) is 3.21. The monoisotopic (exact) mass is 284 g/mol. The number of hydrogen-bond donors (Lipinski definition) is 2. The molecule has 20 heavy (non-hydrogen) atoms. The summed E-state index contributed by atoms with van der Waals surface area (Å²) in [4.78, 5) is 27.3. The Morgan fingerprint density at radius 2 is 2.00 bits per heavy atom. The number of rotatable bonds is 2. The van der Waals surface area contributed by atoms with Gasteiger partial charge in [0, 0.05) is 19.6 Å². The molecule has 2 atom stereocenters. The van der Waals surface area contributed by atoms with E-state index in [1.54, 1.807) is 16.7 Å². The highest BCUT2D eigenvalue weighted by Gasteiger charge is 2.41. The molecule has 0 aromatic carbocycles. The molecule has 0 aromatic rings. The molecular weight excluding hydrogens is 260 g/mol. The van der Waals surface area contributed by atoms with Crippen molar-refractivity contribution in [2.75, 3.05) is 26.2 Å². The van der Waals surface area contributed by atoms with Gasteiger partial charge >= 0.3 is 12.0 Å². The molecule has 2 N–H and O–H groups in total. The van der Waals surface area contributed by atoms with Crippen molar-refractivity contribution in [2.45, 2.75) is 45.1 Å². The minimum atomic E-state index is -0.849. The molecule has 2 aliphatic heterocycles. The number of nitrogens with zero attached hydrogens (tertiary/aromatic N) is 2. The summed E-state index contributed by atoms with van der Waals surface area (Å²) >= 11 is 0. The Kier molecular flexibility index (Phi) is 4.52. The van der Waals surface area contributed by atoms with E-state index in [-0.39, 0.29) is 25.2 Å². The van der Waals surface area contributed by atoms with Gasteiger partial charge in [0.2, 0.25) is 0 Å². The second-order valence-corrected chi connectivity index (χ2v) is 6.20. The summed E-state index contributed by atoms with van der Waals surface area (Å²) in [6.07, 6.45) is 4.13. The van der Waals surface area contributed by atoms with Crippen LogP contribution in [-0.2, 0) is 4.79 Å². The first-order chi connectivity index (χ1) is 9.48. The third-order valence-electron chi connectivity index (χ3n) is 4.57. The zero-order valence-corrected chi connectivity index (χ0v) is 12.0. The molecule has 0 spiro atoms. The Morgan fingerprint density at radius 3 is 2.65 bits per heavy atom. The molecule has 2 saturated heterocycles. The Labute approximate surface area is 119 Å². The van der Waals surface area contributed by atoms with Crippen LogP contribution in [0.2, 0.25) is 0 Å². The molecular formula is C14H24N2O4. The fourth-order valence-corrected chi connectivity index (χ4v) is 3.20. The largest absolute Gasteiger partial charge is 0.481 e. The van der Waals surface area contributed by atoms with Gasteiger partial charge in [-0.15, -0.1) is 0 Å². The maximum absolute atomic E-state index is 12.6. The molecule has 0 radical (unpaired) electrons. The molecule has 2 fully saturated rings. The molecule has 6 heteroatoms. The zero-order valence-electron chi connectivity index (χ0n) is 12.0. The van der Waals surface area contributed by atoms with Gasteiger partial charge in [-0.1, -0.05) is 0 Å². The van der Waals surface area contributed by atoms with Gasteiger partial charge in [0.05, 0.1) is 18.1 Å². The maximum Gasteiger partial charge on any atom is 0.320 e. The lowest BCUT2D eigenvalue weighted by Gasteiger charge is -2.43. The number of carbonyl (C=O) groups is 2. The summed E-state index contributed by atoms with van der Waals surface area (Å²) in [7, 11) is 0. The smallest absolute Gasteiger partial charge is 0.320 e. The number of piperidine rings is 2. The van der Waals surface area contributed by atoms with Crippen LogP contribution in [0.3, 0.4) is 0 Å². The lowest BCUT2D eigenvalue weighted by molar-refractivity contribution is -0.150. The second kappa shape index (κ2) is 5.99. The van der Waals surface area contributed by atoms with Gasteiger partial charge < -0.3 is 20.0 Å². The fraction of sp³-hybridized carbons (Fsp3) is 0.857. The summed E-state index contributed by atoms with van der Waals surface area (Å²) < 4.78 is 0. The first-order valence-corrected chi connectivity index (χ1v) is 7.38. The predicted molar refractivity (Wildman–Crippen MR) is 73.4 cm³/mol. The van der Waals surface area contributed by atoms with Gasteiger partial charge in [0.15, 0.2) is 0 Å². The normalized spacial score (nSPS) is 31.2. The van der Waals surface area contributed by atoms with Crippen LogP contribution in [-0.4, -0.2) is 64.3 Å². The van der Waals surface area contributed by atoms with E-state index >= 15 is 0 Å². The SMILES string of the molecule is CC1(C(=O)O)CCCN(C(=O)N2CCCCC2CO)C1. The molecule has 0 saturated carbocycles. The van der Waals surface area contributed by atoms with Crippen LogP contribution in [0, 0.1) is 5.41 Å². The first kappa shape index (κ1) is 15.1. The number of carbonyl (C=O) groups excluding carboxylic acids is 1. The number of carboxylic acids is 1. The third-order valence-corrected chi connectivity index (χ3v) is 4.57. The van der Waals surface area contributed by atoms with Crippen molar-refractivity contribution in [3.63, 3.8) is 0 Å². The molecule has 2 unspecified atom stereocenters. The molecule has 0 aliphatic carbocycles. The summed E-state index contributed by atoms with van der Waals surface area (Å²) in [5.41, 5.74) is -0.849. The van der Waals surface area contributed by atoms with Gasteiger partial charge in [-0.05, 0) is 39.0 Å². The van der Waals surface area contributed by atoms with Crippen LogP contribution in [0.15, 0.2) is 0 Å². The number of aliphatic carboxylic acids is 1. The number of carboxylic acid groups (broad SMARTS) is 1. The standard InChI is InChI=1S/C14H24N2O4/c1-14(12(18)19)6-4-7-15(10-14)13(20)16-8-3-2-5-11(16)9-17/h11,17H,2-10H2,1H3,(H,18,19). The Bertz CT molecular complexity index is 387. The summed E-state index contributed by atoms with van der Waals surface area (Å²) in [5.74, 6) is -0.840. The van der Waals surface area contributed by atoms with Gasteiger partial charge in [-0.3, -0.25) is 4.79 Å². The van der Waals surface area contributed by atoms with Crippen molar-refractivity contribution in [1.29, 1.82) is 0 Å². The highest BCUT2D eigenvalue weighted by Crippen LogP contribution is 2.31. The summed E-state index contributed by atoms with van der Waals surface area (Å²) in [5, 5.41) is 18.7. The summed E-state index contributed by atoms with van der Waals surface area (Å²) in [6, 6.07) is -0.231. The number of urea groups is 1. The second-order valence-electron chi connectivity index (χ2n) is 6.20. The average Bonchev–Trinajstić information content (AvgIpc) is 2.46. The zero-order chi connectivity index (χ0) is 14.8. The van der Waals surface area contributed by atoms with E-state index in [1.807, 2.05) is 0 Å². The molecule has 0 bridgehead atoms. The molecule has 2 amide bonds. The minimum absolute atomic E-state index is 0.0181. The lowest BCUT2D eigenvalue weighted by atomic mass is 9.82. The quantitative estimate of drug-likeness (QED) is 0.797. The van der Waals surface area contributed by atoms with Crippen LogP contribution in [0.25, 0.3) is 0 Å². The fourth-order valence-electron chi connectivity index (χ4n) is 3.20. The van der Waals surface area contributed by atoms with Crippen molar-refractivity contribution in [3.05, 3.63) is 0 Å². The molecule has 114 valence electrons. The van der Waals surface area contributed by atoms with Crippen LogP contribution >= 0.6 is 0 Å². The van der Waals surface area contributed by atoms with Gasteiger partial charge in [0.25, 0.3) is 0 Å². The van der Waals surface area contributed by atoms with Crippen LogP contribution in [0.1, 0.15) is 39.0 Å². The van der Waals surface area contributed by atoms with E-state index in [1.165, 1.54) is 0 Å². The van der Waals surface area contributed by atoms with Crippen molar-refractivity contribution in [1.82, 2.24) is 9.80 Å². The van der Waals surface area contributed by atoms with Crippen molar-refractivity contribution in [3.8, 4) is 0 Å². The number of aliphatic hydroxyl groups excluding tert-OH is 1. The average molecular weight is 284 g/mol. The predicted octanol–water partition coefficient (Wildman–Crippen LogP) is 1.14. The Hall–Kier alpha value is -1.30. The minimum Gasteiger partial charge on any atom is -0.481 e. The molecule has 0 aromatic heterocycles. The Morgan fingerprint density at radius 1 is 1.25 bits per heavy atom.